The molecule has 0 saturated carbocycles. The van der Waals surface area contributed by atoms with Crippen molar-refractivity contribution in [3.63, 3.8) is 0 Å². The van der Waals surface area contributed by atoms with Gasteiger partial charge in [0.25, 0.3) is 0 Å². The summed E-state index contributed by atoms with van der Waals surface area (Å²) in [6.45, 7) is 5.90. The standard InChI is InChI=1S/C17H25NO5/c1-17(2,3)23-16(20)18-14(10-15(19)21-4)12-22-11-13-8-6-5-7-9-13/h5-9,14H,10-12H2,1-4H3,(H,18,20)/t14-/m0/s1. The van der Waals surface area contributed by atoms with E-state index in [1.54, 1.807) is 20.8 Å². The Morgan fingerprint density at radius 3 is 2.39 bits per heavy atom. The third-order valence-corrected chi connectivity index (χ3v) is 2.79. The average Bonchev–Trinajstić information content (AvgIpc) is 2.46. The van der Waals surface area contributed by atoms with Gasteiger partial charge in [-0.2, -0.15) is 0 Å². The molecular weight excluding hydrogens is 298 g/mol. The van der Waals surface area contributed by atoms with Crippen LogP contribution in [0.2, 0.25) is 0 Å². The second kappa shape index (κ2) is 9.15. The van der Waals surface area contributed by atoms with E-state index in [1.165, 1.54) is 7.11 Å². The molecule has 0 fully saturated rings. The van der Waals surface area contributed by atoms with Crippen molar-refractivity contribution in [2.24, 2.45) is 0 Å². The Hall–Kier alpha value is -2.08. The van der Waals surface area contributed by atoms with Crippen LogP contribution >= 0.6 is 0 Å². The highest BCUT2D eigenvalue weighted by Gasteiger charge is 2.21. The summed E-state index contributed by atoms with van der Waals surface area (Å²) in [6.07, 6.45) is -0.570. The maximum Gasteiger partial charge on any atom is 0.407 e. The lowest BCUT2D eigenvalue weighted by Gasteiger charge is -2.23. The van der Waals surface area contributed by atoms with Crippen molar-refractivity contribution in [3.05, 3.63) is 35.9 Å². The second-order valence-electron chi connectivity index (χ2n) is 6.12. The van der Waals surface area contributed by atoms with Crippen molar-refractivity contribution in [2.45, 2.75) is 45.4 Å². The number of benzene rings is 1. The number of nitrogens with one attached hydrogen (secondary N) is 1. The first-order valence-electron chi connectivity index (χ1n) is 7.48. The quantitative estimate of drug-likeness (QED) is 0.781. The van der Waals surface area contributed by atoms with Gasteiger partial charge in [0.15, 0.2) is 0 Å². The Labute approximate surface area is 137 Å². The number of methoxy groups -OCH3 is 1. The molecule has 23 heavy (non-hydrogen) atoms. The van der Waals surface area contributed by atoms with Crippen LogP contribution in [-0.2, 0) is 25.6 Å². The monoisotopic (exact) mass is 323 g/mol. The molecule has 0 aliphatic carbocycles. The number of amides is 1. The molecule has 0 unspecified atom stereocenters. The zero-order chi connectivity index (χ0) is 17.3. The number of rotatable bonds is 7. The Morgan fingerprint density at radius 1 is 1.17 bits per heavy atom. The van der Waals surface area contributed by atoms with Gasteiger partial charge in [0.05, 0.1) is 32.8 Å². The van der Waals surface area contributed by atoms with E-state index in [1.807, 2.05) is 30.3 Å². The predicted molar refractivity (Wildman–Crippen MR) is 85.9 cm³/mol. The van der Waals surface area contributed by atoms with Gasteiger partial charge >= 0.3 is 12.1 Å². The Morgan fingerprint density at radius 2 is 1.83 bits per heavy atom. The molecule has 0 radical (unpaired) electrons. The number of esters is 1. The molecule has 6 nitrogen and oxygen atoms in total. The summed E-state index contributed by atoms with van der Waals surface area (Å²) < 4.78 is 15.4. The van der Waals surface area contributed by atoms with Gasteiger partial charge in [-0.25, -0.2) is 4.79 Å². The topological polar surface area (TPSA) is 73.9 Å². The molecule has 6 heteroatoms. The minimum Gasteiger partial charge on any atom is -0.469 e. The molecule has 0 aromatic heterocycles. The fourth-order valence-corrected chi connectivity index (χ4v) is 1.80. The minimum absolute atomic E-state index is 0.0184. The van der Waals surface area contributed by atoms with Crippen LogP contribution in [0.1, 0.15) is 32.8 Å². The van der Waals surface area contributed by atoms with Crippen LogP contribution < -0.4 is 5.32 Å². The van der Waals surface area contributed by atoms with Gasteiger partial charge in [0, 0.05) is 0 Å². The van der Waals surface area contributed by atoms with Crippen molar-refractivity contribution >= 4 is 12.1 Å². The zero-order valence-electron chi connectivity index (χ0n) is 14.1. The summed E-state index contributed by atoms with van der Waals surface area (Å²) in [5.41, 5.74) is 0.409. The van der Waals surface area contributed by atoms with Gasteiger partial charge < -0.3 is 19.5 Å². The number of ether oxygens (including phenoxy) is 3. The van der Waals surface area contributed by atoms with Crippen LogP contribution in [-0.4, -0.2) is 37.4 Å². The number of hydrogen-bond acceptors (Lipinski definition) is 5. The lowest BCUT2D eigenvalue weighted by molar-refractivity contribution is -0.141. The molecule has 0 heterocycles. The highest BCUT2D eigenvalue weighted by atomic mass is 16.6. The first-order valence-corrected chi connectivity index (χ1v) is 7.48. The highest BCUT2D eigenvalue weighted by molar-refractivity contribution is 5.72. The smallest absolute Gasteiger partial charge is 0.407 e. The summed E-state index contributed by atoms with van der Waals surface area (Å²) in [7, 11) is 1.30. The van der Waals surface area contributed by atoms with E-state index in [-0.39, 0.29) is 13.0 Å². The van der Waals surface area contributed by atoms with Crippen LogP contribution in [0.4, 0.5) is 4.79 Å². The Balaban J connectivity index is 2.51. The minimum atomic E-state index is -0.606. The van der Waals surface area contributed by atoms with Crippen LogP contribution in [0, 0.1) is 0 Å². The first kappa shape index (κ1) is 19.0. The molecule has 0 aliphatic rings. The third kappa shape index (κ3) is 8.83. The third-order valence-electron chi connectivity index (χ3n) is 2.79. The Kier molecular flexibility index (Phi) is 7.54. The summed E-state index contributed by atoms with van der Waals surface area (Å²) in [5, 5.41) is 2.64. The highest BCUT2D eigenvalue weighted by Crippen LogP contribution is 2.08. The fourth-order valence-electron chi connectivity index (χ4n) is 1.80. The van der Waals surface area contributed by atoms with E-state index in [4.69, 9.17) is 9.47 Å². The lowest BCUT2D eigenvalue weighted by Crippen LogP contribution is -2.42. The van der Waals surface area contributed by atoms with Crippen molar-refractivity contribution in [3.8, 4) is 0 Å². The van der Waals surface area contributed by atoms with Gasteiger partial charge in [0.2, 0.25) is 0 Å². The van der Waals surface area contributed by atoms with E-state index >= 15 is 0 Å². The zero-order valence-corrected chi connectivity index (χ0v) is 14.1. The van der Waals surface area contributed by atoms with Crippen molar-refractivity contribution < 1.29 is 23.8 Å². The van der Waals surface area contributed by atoms with Crippen LogP contribution in [0.15, 0.2) is 30.3 Å². The molecule has 0 saturated heterocycles. The molecule has 1 atom stereocenters. The van der Waals surface area contributed by atoms with E-state index in [0.29, 0.717) is 6.61 Å². The van der Waals surface area contributed by atoms with Crippen molar-refractivity contribution in [2.75, 3.05) is 13.7 Å². The first-order chi connectivity index (χ1) is 10.8. The molecule has 1 aromatic carbocycles. The summed E-state index contributed by atoms with van der Waals surface area (Å²) in [4.78, 5) is 23.3. The van der Waals surface area contributed by atoms with Gasteiger partial charge in [-0.1, -0.05) is 30.3 Å². The van der Waals surface area contributed by atoms with E-state index in [2.05, 4.69) is 10.1 Å². The number of carbonyl (C=O) groups excluding carboxylic acids is 2. The molecule has 1 rings (SSSR count). The molecule has 0 bridgehead atoms. The van der Waals surface area contributed by atoms with Gasteiger partial charge in [-0.15, -0.1) is 0 Å². The average molecular weight is 323 g/mol. The number of carbonyl (C=O) groups is 2. The maximum atomic E-state index is 11.8. The molecule has 1 N–H and O–H groups in total. The molecular formula is C17H25NO5. The van der Waals surface area contributed by atoms with E-state index < -0.39 is 23.7 Å². The Bertz CT molecular complexity index is 495. The second-order valence-corrected chi connectivity index (χ2v) is 6.12. The predicted octanol–water partition coefficient (Wildman–Crippen LogP) is 2.66. The molecule has 1 amide bonds. The summed E-state index contributed by atoms with van der Waals surface area (Å²) in [5.74, 6) is -0.422. The number of hydrogen-bond donors (Lipinski definition) is 1. The fraction of sp³-hybridized carbons (Fsp3) is 0.529. The lowest BCUT2D eigenvalue weighted by atomic mass is 10.2. The normalized spacial score (nSPS) is 12.3. The van der Waals surface area contributed by atoms with Crippen LogP contribution in [0.5, 0.6) is 0 Å². The van der Waals surface area contributed by atoms with E-state index in [9.17, 15) is 9.59 Å². The van der Waals surface area contributed by atoms with Crippen molar-refractivity contribution in [1.29, 1.82) is 0 Å². The van der Waals surface area contributed by atoms with Gasteiger partial charge in [0.1, 0.15) is 5.60 Å². The molecule has 0 spiro atoms. The van der Waals surface area contributed by atoms with Crippen molar-refractivity contribution in [1.82, 2.24) is 5.32 Å². The van der Waals surface area contributed by atoms with Crippen LogP contribution in [0.25, 0.3) is 0 Å². The molecule has 1 aromatic rings. The van der Waals surface area contributed by atoms with Gasteiger partial charge in [-0.05, 0) is 26.3 Å². The van der Waals surface area contributed by atoms with E-state index in [0.717, 1.165) is 5.56 Å². The number of alkyl carbamates (subject to hydrolysis) is 1. The summed E-state index contributed by atoms with van der Waals surface area (Å²) in [6, 6.07) is 9.13. The largest absolute Gasteiger partial charge is 0.469 e. The van der Waals surface area contributed by atoms with Crippen LogP contribution in [0.3, 0.4) is 0 Å². The van der Waals surface area contributed by atoms with Gasteiger partial charge in [-0.3, -0.25) is 4.79 Å². The molecule has 0 aliphatic heterocycles. The summed E-state index contributed by atoms with van der Waals surface area (Å²) >= 11 is 0. The maximum absolute atomic E-state index is 11.8. The SMILES string of the molecule is COC(=O)C[C@@H](COCc1ccccc1)NC(=O)OC(C)(C)C. The molecule has 128 valence electrons.